The van der Waals surface area contributed by atoms with Gasteiger partial charge in [-0.15, -0.1) is 0 Å². The van der Waals surface area contributed by atoms with E-state index in [4.69, 9.17) is 12.2 Å². The maximum Gasteiger partial charge on any atom is 0.267 e. The molecule has 0 bridgehead atoms. The Morgan fingerprint density at radius 1 is 1.07 bits per heavy atom. The van der Waals surface area contributed by atoms with Gasteiger partial charge in [0.05, 0.1) is 5.69 Å². The predicted octanol–water partition coefficient (Wildman–Crippen LogP) is 1.74. The number of thiocarbonyl (C=S) groups is 1. The van der Waals surface area contributed by atoms with E-state index in [-0.39, 0.29) is 12.1 Å². The summed E-state index contributed by atoms with van der Waals surface area (Å²) in [5.41, 5.74) is 6.38. The van der Waals surface area contributed by atoms with Gasteiger partial charge in [0.15, 0.2) is 5.11 Å². The van der Waals surface area contributed by atoms with Crippen molar-refractivity contribution in [1.82, 2.24) is 25.9 Å². The number of amides is 1. The van der Waals surface area contributed by atoms with Gasteiger partial charge < -0.3 is 5.32 Å². The van der Waals surface area contributed by atoms with E-state index in [9.17, 15) is 9.59 Å². The maximum atomic E-state index is 12.1. The van der Waals surface area contributed by atoms with Gasteiger partial charge in [-0.3, -0.25) is 20.4 Å². The van der Waals surface area contributed by atoms with Crippen LogP contribution in [0, 0.1) is 0 Å². The number of hydrogen-bond acceptors (Lipinski definition) is 4. The predicted molar refractivity (Wildman–Crippen MR) is 108 cm³/mol. The molecule has 1 aliphatic carbocycles. The number of carbonyl (C=O) groups excluding carboxylic acids is 1. The normalized spacial score (nSPS) is 14.4. The van der Waals surface area contributed by atoms with Crippen LogP contribution in [0.1, 0.15) is 32.1 Å². The van der Waals surface area contributed by atoms with E-state index in [1.165, 1.54) is 25.3 Å². The van der Waals surface area contributed by atoms with Crippen LogP contribution in [0.25, 0.3) is 11.3 Å². The summed E-state index contributed by atoms with van der Waals surface area (Å²) in [5.74, 6) is -0.400. The van der Waals surface area contributed by atoms with Crippen molar-refractivity contribution in [3.05, 3.63) is 52.8 Å². The third-order valence-corrected chi connectivity index (χ3v) is 4.71. The largest absolute Gasteiger partial charge is 0.359 e. The van der Waals surface area contributed by atoms with Crippen LogP contribution < -0.4 is 21.7 Å². The lowest BCUT2D eigenvalue weighted by Crippen LogP contribution is -2.51. The van der Waals surface area contributed by atoms with Crippen molar-refractivity contribution in [2.45, 2.75) is 44.7 Å². The van der Waals surface area contributed by atoms with Crippen LogP contribution in [0.5, 0.6) is 0 Å². The summed E-state index contributed by atoms with van der Waals surface area (Å²) in [5, 5.41) is 7.85. The molecule has 142 valence electrons. The van der Waals surface area contributed by atoms with Crippen LogP contribution in [0.3, 0.4) is 0 Å². The summed E-state index contributed by atoms with van der Waals surface area (Å²) in [4.78, 5) is 24.1. The Labute approximate surface area is 163 Å². The van der Waals surface area contributed by atoms with Crippen molar-refractivity contribution < 1.29 is 4.79 Å². The Morgan fingerprint density at radius 3 is 2.56 bits per heavy atom. The minimum Gasteiger partial charge on any atom is -0.359 e. The number of carbonyl (C=O) groups is 1. The maximum absolute atomic E-state index is 12.1. The third-order valence-electron chi connectivity index (χ3n) is 4.49. The zero-order valence-corrected chi connectivity index (χ0v) is 15.8. The Hall–Kier alpha value is -2.74. The quantitative estimate of drug-likeness (QED) is 0.549. The Bertz CT molecular complexity index is 847. The van der Waals surface area contributed by atoms with Crippen molar-refractivity contribution in [1.29, 1.82) is 0 Å². The molecule has 1 saturated carbocycles. The first-order valence-corrected chi connectivity index (χ1v) is 9.51. The topological polar surface area (TPSA) is 88.0 Å². The number of hydrazine groups is 1. The van der Waals surface area contributed by atoms with E-state index < -0.39 is 5.91 Å². The molecule has 1 aromatic heterocycles. The molecule has 0 unspecified atom stereocenters. The smallest absolute Gasteiger partial charge is 0.267 e. The molecule has 27 heavy (non-hydrogen) atoms. The van der Waals surface area contributed by atoms with E-state index in [1.54, 1.807) is 6.07 Å². The van der Waals surface area contributed by atoms with Gasteiger partial charge in [0, 0.05) is 17.7 Å². The highest BCUT2D eigenvalue weighted by molar-refractivity contribution is 7.80. The summed E-state index contributed by atoms with van der Waals surface area (Å²) < 4.78 is 1.14. The van der Waals surface area contributed by atoms with Gasteiger partial charge in [0.25, 0.3) is 11.5 Å². The van der Waals surface area contributed by atoms with Crippen LogP contribution in [-0.4, -0.2) is 26.8 Å². The van der Waals surface area contributed by atoms with Gasteiger partial charge in [-0.25, -0.2) is 4.68 Å². The van der Waals surface area contributed by atoms with Crippen LogP contribution in [0.2, 0.25) is 0 Å². The van der Waals surface area contributed by atoms with Crippen LogP contribution in [0.15, 0.2) is 47.3 Å². The van der Waals surface area contributed by atoms with Crippen molar-refractivity contribution >= 4 is 23.2 Å². The first-order valence-electron chi connectivity index (χ1n) is 9.11. The van der Waals surface area contributed by atoms with Crippen molar-refractivity contribution in [2.24, 2.45) is 0 Å². The molecule has 7 nitrogen and oxygen atoms in total. The van der Waals surface area contributed by atoms with Crippen LogP contribution >= 0.6 is 12.2 Å². The summed E-state index contributed by atoms with van der Waals surface area (Å²) in [6.45, 7) is -0.196. The van der Waals surface area contributed by atoms with Crippen molar-refractivity contribution in [3.63, 3.8) is 0 Å². The fourth-order valence-corrected chi connectivity index (χ4v) is 3.31. The molecule has 1 amide bonds. The summed E-state index contributed by atoms with van der Waals surface area (Å²) in [6.07, 6.45) is 5.82. The van der Waals surface area contributed by atoms with E-state index in [1.807, 2.05) is 30.3 Å². The molecule has 3 rings (SSSR count). The lowest BCUT2D eigenvalue weighted by atomic mass is 9.96. The van der Waals surface area contributed by atoms with E-state index in [0.717, 1.165) is 23.1 Å². The molecule has 1 aliphatic rings. The molecule has 0 atom stereocenters. The lowest BCUT2D eigenvalue weighted by molar-refractivity contribution is -0.122. The molecule has 1 aromatic carbocycles. The van der Waals surface area contributed by atoms with Gasteiger partial charge >= 0.3 is 0 Å². The standard InChI is InChI=1S/C19H23N5O2S/c25-17(21-22-19(27)20-15-9-5-2-6-10-15)13-24-18(26)12-11-16(23-24)14-7-3-1-4-8-14/h1,3-4,7-8,11-12,15H,2,5-6,9-10,13H2,(H,21,25)(H2,20,22,27). The first-order chi connectivity index (χ1) is 13.1. The molecule has 1 heterocycles. The van der Waals surface area contributed by atoms with Gasteiger partial charge in [-0.1, -0.05) is 49.6 Å². The lowest BCUT2D eigenvalue weighted by Gasteiger charge is -2.24. The minimum atomic E-state index is -0.400. The van der Waals surface area contributed by atoms with Crippen molar-refractivity contribution in [2.75, 3.05) is 0 Å². The van der Waals surface area contributed by atoms with Gasteiger partial charge in [0.1, 0.15) is 6.54 Å². The van der Waals surface area contributed by atoms with Gasteiger partial charge in [-0.2, -0.15) is 5.10 Å². The fraction of sp³-hybridized carbons (Fsp3) is 0.368. The highest BCUT2D eigenvalue weighted by Gasteiger charge is 2.14. The molecule has 8 heteroatoms. The number of nitrogens with zero attached hydrogens (tertiary/aromatic N) is 2. The molecular weight excluding hydrogens is 362 g/mol. The molecule has 0 spiro atoms. The number of nitrogens with one attached hydrogen (secondary N) is 3. The summed E-state index contributed by atoms with van der Waals surface area (Å²) >= 11 is 5.21. The number of hydrogen-bond donors (Lipinski definition) is 3. The third kappa shape index (κ3) is 5.62. The molecular formula is C19H23N5O2S. The molecule has 0 saturated heterocycles. The van der Waals surface area contributed by atoms with Crippen molar-refractivity contribution in [3.8, 4) is 11.3 Å². The molecule has 0 radical (unpaired) electrons. The zero-order chi connectivity index (χ0) is 19.1. The SMILES string of the molecule is O=C(Cn1nc(-c2ccccc2)ccc1=O)NNC(=S)NC1CCCCC1. The zero-order valence-electron chi connectivity index (χ0n) is 15.0. The fourth-order valence-electron chi connectivity index (χ4n) is 3.10. The monoisotopic (exact) mass is 385 g/mol. The van der Waals surface area contributed by atoms with Gasteiger partial charge in [0.2, 0.25) is 0 Å². The molecule has 2 aromatic rings. The second kappa shape index (κ2) is 9.27. The summed E-state index contributed by atoms with van der Waals surface area (Å²) in [7, 11) is 0. The Morgan fingerprint density at radius 2 is 1.81 bits per heavy atom. The highest BCUT2D eigenvalue weighted by Crippen LogP contribution is 2.17. The van der Waals surface area contributed by atoms with Crippen LogP contribution in [-0.2, 0) is 11.3 Å². The van der Waals surface area contributed by atoms with E-state index in [0.29, 0.717) is 16.8 Å². The van der Waals surface area contributed by atoms with E-state index >= 15 is 0 Å². The Balaban J connectivity index is 1.54. The Kier molecular flexibility index (Phi) is 6.54. The first kappa shape index (κ1) is 19.0. The average Bonchev–Trinajstić information content (AvgIpc) is 2.69. The summed E-state index contributed by atoms with van der Waals surface area (Å²) in [6, 6.07) is 12.9. The van der Waals surface area contributed by atoms with E-state index in [2.05, 4.69) is 21.3 Å². The second-order valence-corrected chi connectivity index (χ2v) is 6.97. The molecule has 0 aliphatic heterocycles. The second-order valence-electron chi connectivity index (χ2n) is 6.56. The minimum absolute atomic E-state index is 0.196. The van der Waals surface area contributed by atoms with Crippen LogP contribution in [0.4, 0.5) is 0 Å². The van der Waals surface area contributed by atoms with Gasteiger partial charge in [-0.05, 0) is 31.1 Å². The number of rotatable bonds is 4. The molecule has 1 fully saturated rings. The highest BCUT2D eigenvalue weighted by atomic mass is 32.1. The molecule has 3 N–H and O–H groups in total. The number of benzene rings is 1. The number of aromatic nitrogens is 2. The average molecular weight is 385 g/mol.